The maximum Gasteiger partial charge on any atom is 0.212 e. The van der Waals surface area contributed by atoms with Gasteiger partial charge in [-0.05, 0) is 25.6 Å². The van der Waals surface area contributed by atoms with Crippen molar-refractivity contribution in [3.05, 3.63) is 29.8 Å². The Morgan fingerprint density at radius 1 is 1.44 bits per heavy atom. The molecule has 7 heteroatoms. The monoisotopic (exact) mass is 275 g/mol. The van der Waals surface area contributed by atoms with Crippen molar-refractivity contribution in [2.45, 2.75) is 19.4 Å². The Kier molecular flexibility index (Phi) is 5.64. The molecular formula is C11H18FN3O2S. The molecule has 0 saturated heterocycles. The predicted octanol–water partition coefficient (Wildman–Crippen LogP) is 0.811. The number of aromatic nitrogens is 1. The Morgan fingerprint density at radius 3 is 2.67 bits per heavy atom. The molecule has 1 aromatic heterocycles. The first-order chi connectivity index (χ1) is 8.48. The summed E-state index contributed by atoms with van der Waals surface area (Å²) < 4.78 is 37.5. The average molecular weight is 275 g/mol. The highest BCUT2D eigenvalue weighted by atomic mass is 32.2. The largest absolute Gasteiger partial charge is 0.308 e. The molecule has 0 saturated carbocycles. The summed E-state index contributed by atoms with van der Waals surface area (Å²) in [6.07, 6.45) is 1.91. The van der Waals surface area contributed by atoms with Gasteiger partial charge in [-0.1, -0.05) is 6.92 Å². The van der Waals surface area contributed by atoms with Crippen LogP contribution in [0.1, 0.15) is 25.1 Å². The molecule has 1 unspecified atom stereocenters. The van der Waals surface area contributed by atoms with Crippen LogP contribution in [0.2, 0.25) is 0 Å². The van der Waals surface area contributed by atoms with E-state index in [9.17, 15) is 12.8 Å². The number of hydrogen-bond donors (Lipinski definition) is 2. The van der Waals surface area contributed by atoms with Crippen LogP contribution in [0.5, 0.6) is 0 Å². The summed E-state index contributed by atoms with van der Waals surface area (Å²) in [5.74, 6) is -0.382. The summed E-state index contributed by atoms with van der Waals surface area (Å²) >= 11 is 0. The van der Waals surface area contributed by atoms with E-state index in [0.717, 1.165) is 12.6 Å². The van der Waals surface area contributed by atoms with Gasteiger partial charge in [-0.3, -0.25) is 4.98 Å². The van der Waals surface area contributed by atoms with Gasteiger partial charge in [-0.25, -0.2) is 17.5 Å². The standard InChI is InChI=1S/C11H18FN3O2S/c1-3-10(11-5-4-9(12)8-15-11)14-6-7-18(16,17)13-2/h4-5,8,10,13-14H,3,6-7H2,1-2H3. The minimum atomic E-state index is -3.21. The van der Waals surface area contributed by atoms with Gasteiger partial charge in [0.1, 0.15) is 5.82 Å². The molecule has 1 aromatic rings. The third-order valence-corrected chi connectivity index (χ3v) is 3.95. The quantitative estimate of drug-likeness (QED) is 0.772. The van der Waals surface area contributed by atoms with Crippen molar-refractivity contribution in [2.24, 2.45) is 0 Å². The fraction of sp³-hybridized carbons (Fsp3) is 0.545. The molecule has 18 heavy (non-hydrogen) atoms. The van der Waals surface area contributed by atoms with Crippen molar-refractivity contribution >= 4 is 10.0 Å². The van der Waals surface area contributed by atoms with Crippen LogP contribution < -0.4 is 10.0 Å². The molecule has 5 nitrogen and oxygen atoms in total. The second-order valence-corrected chi connectivity index (χ2v) is 5.89. The maximum absolute atomic E-state index is 12.7. The Bertz CT molecular complexity index is 462. The number of hydrogen-bond acceptors (Lipinski definition) is 4. The van der Waals surface area contributed by atoms with Crippen LogP contribution in [-0.2, 0) is 10.0 Å². The summed E-state index contributed by atoms with van der Waals surface area (Å²) in [7, 11) is -1.82. The first kappa shape index (κ1) is 15.0. The number of pyridine rings is 1. The molecule has 0 aliphatic heterocycles. The van der Waals surface area contributed by atoms with Crippen LogP contribution in [0.15, 0.2) is 18.3 Å². The van der Waals surface area contributed by atoms with Gasteiger partial charge in [0.25, 0.3) is 0 Å². The van der Waals surface area contributed by atoms with Crippen LogP contribution in [-0.4, -0.2) is 32.7 Å². The van der Waals surface area contributed by atoms with Crippen molar-refractivity contribution in [1.29, 1.82) is 0 Å². The zero-order valence-electron chi connectivity index (χ0n) is 10.5. The first-order valence-corrected chi connectivity index (χ1v) is 7.39. The number of nitrogens with one attached hydrogen (secondary N) is 2. The Labute approximate surface area is 107 Å². The van der Waals surface area contributed by atoms with E-state index < -0.39 is 10.0 Å². The molecule has 1 heterocycles. The highest BCUT2D eigenvalue weighted by Gasteiger charge is 2.12. The highest BCUT2D eigenvalue weighted by Crippen LogP contribution is 2.13. The van der Waals surface area contributed by atoms with Gasteiger partial charge in [0.05, 0.1) is 17.6 Å². The van der Waals surface area contributed by atoms with Crippen molar-refractivity contribution in [3.63, 3.8) is 0 Å². The number of rotatable bonds is 7. The molecule has 0 aromatic carbocycles. The summed E-state index contributed by atoms with van der Waals surface area (Å²) in [4.78, 5) is 3.98. The van der Waals surface area contributed by atoms with Crippen molar-refractivity contribution < 1.29 is 12.8 Å². The highest BCUT2D eigenvalue weighted by molar-refractivity contribution is 7.89. The number of sulfonamides is 1. The summed E-state index contributed by atoms with van der Waals surface area (Å²) in [5.41, 5.74) is 0.709. The lowest BCUT2D eigenvalue weighted by Crippen LogP contribution is -2.31. The molecule has 1 rings (SSSR count). The lowest BCUT2D eigenvalue weighted by atomic mass is 10.1. The lowest BCUT2D eigenvalue weighted by Gasteiger charge is -2.16. The molecule has 0 aliphatic rings. The molecule has 0 fully saturated rings. The third kappa shape index (κ3) is 4.67. The van der Waals surface area contributed by atoms with Crippen LogP contribution in [0, 0.1) is 5.82 Å². The SMILES string of the molecule is CCC(NCCS(=O)(=O)NC)c1ccc(F)cn1. The second-order valence-electron chi connectivity index (χ2n) is 3.84. The second kappa shape index (κ2) is 6.77. The van der Waals surface area contributed by atoms with Crippen LogP contribution in [0.3, 0.4) is 0 Å². The fourth-order valence-electron chi connectivity index (χ4n) is 1.52. The Hall–Kier alpha value is -1.05. The fourth-order valence-corrected chi connectivity index (χ4v) is 2.11. The first-order valence-electron chi connectivity index (χ1n) is 5.74. The number of nitrogens with zero attached hydrogens (tertiary/aromatic N) is 1. The lowest BCUT2D eigenvalue weighted by molar-refractivity contribution is 0.515. The molecule has 0 bridgehead atoms. The van der Waals surface area contributed by atoms with Gasteiger partial charge in [0.15, 0.2) is 0 Å². The van der Waals surface area contributed by atoms with E-state index in [0.29, 0.717) is 12.2 Å². The van der Waals surface area contributed by atoms with E-state index in [1.165, 1.54) is 13.1 Å². The summed E-state index contributed by atoms with van der Waals surface area (Å²) in [5, 5.41) is 3.09. The molecule has 0 spiro atoms. The zero-order chi connectivity index (χ0) is 13.6. The molecule has 2 N–H and O–H groups in total. The van der Waals surface area contributed by atoms with Crippen LogP contribution in [0.4, 0.5) is 4.39 Å². The Morgan fingerprint density at radius 2 is 2.17 bits per heavy atom. The van der Waals surface area contributed by atoms with Gasteiger partial charge in [0.2, 0.25) is 10.0 Å². The van der Waals surface area contributed by atoms with Gasteiger partial charge < -0.3 is 5.32 Å². The van der Waals surface area contributed by atoms with E-state index in [1.807, 2.05) is 6.92 Å². The van der Waals surface area contributed by atoms with Crippen molar-refractivity contribution in [2.75, 3.05) is 19.3 Å². The van der Waals surface area contributed by atoms with Crippen molar-refractivity contribution in [1.82, 2.24) is 15.0 Å². The van der Waals surface area contributed by atoms with E-state index in [-0.39, 0.29) is 17.6 Å². The zero-order valence-corrected chi connectivity index (χ0v) is 11.3. The van der Waals surface area contributed by atoms with Gasteiger partial charge >= 0.3 is 0 Å². The van der Waals surface area contributed by atoms with E-state index >= 15 is 0 Å². The average Bonchev–Trinajstić information content (AvgIpc) is 2.36. The molecule has 0 radical (unpaired) electrons. The van der Waals surface area contributed by atoms with Crippen LogP contribution in [0.25, 0.3) is 0 Å². The van der Waals surface area contributed by atoms with E-state index in [1.54, 1.807) is 6.07 Å². The van der Waals surface area contributed by atoms with Crippen molar-refractivity contribution in [3.8, 4) is 0 Å². The van der Waals surface area contributed by atoms with Gasteiger partial charge in [-0.2, -0.15) is 0 Å². The topological polar surface area (TPSA) is 71.1 Å². The molecular weight excluding hydrogens is 257 g/mol. The van der Waals surface area contributed by atoms with E-state index in [2.05, 4.69) is 15.0 Å². The molecule has 1 atom stereocenters. The molecule has 0 aliphatic carbocycles. The smallest absolute Gasteiger partial charge is 0.212 e. The minimum Gasteiger partial charge on any atom is -0.308 e. The van der Waals surface area contributed by atoms with E-state index in [4.69, 9.17) is 0 Å². The minimum absolute atomic E-state index is 0.00119. The molecule has 0 amide bonds. The third-order valence-electron chi connectivity index (χ3n) is 2.59. The van der Waals surface area contributed by atoms with Crippen LogP contribution >= 0.6 is 0 Å². The maximum atomic E-state index is 12.7. The summed E-state index contributed by atoms with van der Waals surface area (Å²) in [6.45, 7) is 2.27. The normalized spacial score (nSPS) is 13.5. The number of halogens is 1. The summed E-state index contributed by atoms with van der Waals surface area (Å²) in [6, 6.07) is 2.87. The Balaban J connectivity index is 2.55. The molecule has 102 valence electrons. The van der Waals surface area contributed by atoms with Gasteiger partial charge in [-0.15, -0.1) is 0 Å². The van der Waals surface area contributed by atoms with Gasteiger partial charge in [0, 0.05) is 12.6 Å². The predicted molar refractivity (Wildman–Crippen MR) is 68.1 cm³/mol.